The highest BCUT2D eigenvalue weighted by Gasteiger charge is 2.60. The van der Waals surface area contributed by atoms with Gasteiger partial charge in [0.2, 0.25) is 0 Å². The van der Waals surface area contributed by atoms with Crippen molar-refractivity contribution in [3.63, 3.8) is 0 Å². The van der Waals surface area contributed by atoms with Gasteiger partial charge in [0.25, 0.3) is 0 Å². The summed E-state index contributed by atoms with van der Waals surface area (Å²) in [5.74, 6) is -2.44. The molecular weight excluding hydrogens is 384 g/mol. The maximum Gasteiger partial charge on any atom is 0.414 e. The first-order chi connectivity index (χ1) is 14.2. The van der Waals surface area contributed by atoms with Crippen molar-refractivity contribution in [1.82, 2.24) is 0 Å². The summed E-state index contributed by atoms with van der Waals surface area (Å²) < 4.78 is 29.5. The Balaban J connectivity index is 3.21. The Morgan fingerprint density at radius 2 is 1.27 bits per heavy atom. The number of rotatable bonds is 16. The molecule has 0 spiro atoms. The second-order valence-electron chi connectivity index (χ2n) is 8.29. The molecule has 6 nitrogen and oxygen atoms in total. The fourth-order valence-corrected chi connectivity index (χ4v) is 3.58. The molecule has 6 heteroatoms. The number of para-hydroxylation sites is 1. The van der Waals surface area contributed by atoms with E-state index in [2.05, 4.69) is 27.7 Å². The van der Waals surface area contributed by atoms with Gasteiger partial charge in [0.05, 0.1) is 19.8 Å². The first-order valence-electron chi connectivity index (χ1n) is 11.2. The summed E-state index contributed by atoms with van der Waals surface area (Å²) in [5.41, 5.74) is 0. The number of hydrogen-bond acceptors (Lipinski definition) is 6. The second-order valence-corrected chi connectivity index (χ2v) is 8.29. The van der Waals surface area contributed by atoms with Crippen molar-refractivity contribution in [2.75, 3.05) is 26.4 Å². The molecule has 0 heterocycles. The highest BCUT2D eigenvalue weighted by atomic mass is 17.0. The van der Waals surface area contributed by atoms with Crippen molar-refractivity contribution in [3.8, 4) is 5.75 Å². The van der Waals surface area contributed by atoms with E-state index in [0.717, 1.165) is 12.8 Å². The average Bonchev–Trinajstić information content (AvgIpc) is 2.66. The van der Waals surface area contributed by atoms with E-state index in [4.69, 9.17) is 23.7 Å². The van der Waals surface area contributed by atoms with Crippen LogP contribution in [0.25, 0.3) is 0 Å². The van der Waals surface area contributed by atoms with Gasteiger partial charge in [-0.05, 0) is 63.5 Å². The zero-order valence-electron chi connectivity index (χ0n) is 19.8. The number of benzene rings is 1. The van der Waals surface area contributed by atoms with Crippen molar-refractivity contribution in [2.24, 2.45) is 17.8 Å². The van der Waals surface area contributed by atoms with Crippen LogP contribution >= 0.6 is 0 Å². The highest BCUT2D eigenvalue weighted by molar-refractivity contribution is 5.21. The maximum absolute atomic E-state index is 11.5. The largest absolute Gasteiger partial charge is 0.433 e. The van der Waals surface area contributed by atoms with E-state index in [1.165, 1.54) is 0 Å². The lowest BCUT2D eigenvalue weighted by Crippen LogP contribution is -2.65. The minimum atomic E-state index is -2.24. The molecule has 0 aliphatic carbocycles. The summed E-state index contributed by atoms with van der Waals surface area (Å²) in [5, 5.41) is 11.5. The smallest absolute Gasteiger partial charge is 0.414 e. The minimum absolute atomic E-state index is 0.190. The molecule has 0 saturated heterocycles. The van der Waals surface area contributed by atoms with Crippen molar-refractivity contribution >= 4 is 0 Å². The van der Waals surface area contributed by atoms with Crippen molar-refractivity contribution in [1.29, 1.82) is 0 Å². The van der Waals surface area contributed by atoms with Gasteiger partial charge in [0.1, 0.15) is 5.75 Å². The molecule has 1 aromatic carbocycles. The predicted molar refractivity (Wildman–Crippen MR) is 118 cm³/mol. The molecule has 30 heavy (non-hydrogen) atoms. The van der Waals surface area contributed by atoms with E-state index in [1.54, 1.807) is 32.9 Å². The van der Waals surface area contributed by atoms with E-state index in [0.29, 0.717) is 24.2 Å². The van der Waals surface area contributed by atoms with Gasteiger partial charge in [-0.1, -0.05) is 45.9 Å². The lowest BCUT2D eigenvalue weighted by molar-refractivity contribution is -0.536. The van der Waals surface area contributed by atoms with E-state index in [-0.39, 0.29) is 25.7 Å². The molecule has 0 aliphatic heterocycles. The van der Waals surface area contributed by atoms with Crippen LogP contribution in [0.4, 0.5) is 0 Å². The van der Waals surface area contributed by atoms with E-state index in [1.807, 2.05) is 18.2 Å². The normalized spacial score (nSPS) is 14.5. The molecule has 1 rings (SSSR count). The van der Waals surface area contributed by atoms with E-state index in [9.17, 15) is 5.11 Å². The summed E-state index contributed by atoms with van der Waals surface area (Å²) >= 11 is 0. The molecule has 1 unspecified atom stereocenters. The lowest BCUT2D eigenvalue weighted by Gasteiger charge is -2.43. The van der Waals surface area contributed by atoms with Crippen LogP contribution in [0.1, 0.15) is 61.3 Å². The van der Waals surface area contributed by atoms with Crippen molar-refractivity contribution < 1.29 is 28.8 Å². The molecule has 174 valence electrons. The third-order valence-corrected chi connectivity index (χ3v) is 4.52. The molecule has 1 N–H and O–H groups in total. The fraction of sp³-hybridized carbons (Fsp3) is 0.750. The molecule has 0 saturated carbocycles. The molecular formula is C24H42O6. The van der Waals surface area contributed by atoms with E-state index < -0.39 is 11.9 Å². The molecule has 0 fully saturated rings. The van der Waals surface area contributed by atoms with Crippen molar-refractivity contribution in [2.45, 2.75) is 73.3 Å². The standard InChI is InChI=1S/C24H42O6/c1-8-26-23(25,29-18-21(16-19(4)5)17-20(6)7)24(27-9-2,28-10-3)30-22-14-12-11-13-15-22/h11-15,19-21,25H,8-10,16-18H2,1-7H3. The lowest BCUT2D eigenvalue weighted by atomic mass is 9.90. The summed E-state index contributed by atoms with van der Waals surface area (Å²) in [6.07, 6.45) is 1.96. The van der Waals surface area contributed by atoms with Crippen molar-refractivity contribution in [3.05, 3.63) is 30.3 Å². The van der Waals surface area contributed by atoms with Gasteiger partial charge in [-0.25, -0.2) is 0 Å². The minimum Gasteiger partial charge on any atom is -0.433 e. The molecule has 0 amide bonds. The van der Waals surface area contributed by atoms with Crippen LogP contribution in [0.15, 0.2) is 30.3 Å². The molecule has 0 aromatic heterocycles. The Hall–Kier alpha value is -1.18. The van der Waals surface area contributed by atoms with Crippen LogP contribution in [-0.2, 0) is 18.9 Å². The zero-order chi connectivity index (χ0) is 22.6. The molecule has 0 aliphatic rings. The zero-order valence-corrected chi connectivity index (χ0v) is 19.8. The van der Waals surface area contributed by atoms with E-state index >= 15 is 0 Å². The fourth-order valence-electron chi connectivity index (χ4n) is 3.58. The van der Waals surface area contributed by atoms with Gasteiger partial charge in [-0.3, -0.25) is 0 Å². The third-order valence-electron chi connectivity index (χ3n) is 4.52. The number of ether oxygens (including phenoxy) is 5. The van der Waals surface area contributed by atoms with Crippen LogP contribution in [0.2, 0.25) is 0 Å². The van der Waals surface area contributed by atoms with Crippen LogP contribution in [0.3, 0.4) is 0 Å². The molecule has 0 radical (unpaired) electrons. The predicted octanol–water partition coefficient (Wildman–Crippen LogP) is 5.20. The Labute approximate surface area is 182 Å². The van der Waals surface area contributed by atoms with Crippen LogP contribution in [-0.4, -0.2) is 43.5 Å². The monoisotopic (exact) mass is 426 g/mol. The SMILES string of the molecule is CCOC(O)(OCC(CC(C)C)CC(C)C)C(OCC)(OCC)Oc1ccccc1. The Morgan fingerprint density at radius 3 is 1.70 bits per heavy atom. The summed E-state index contributed by atoms with van der Waals surface area (Å²) in [6, 6.07) is 9.07. The Kier molecular flexibility index (Phi) is 11.9. The van der Waals surface area contributed by atoms with Gasteiger partial charge in [-0.2, -0.15) is 0 Å². The molecule has 1 aromatic rings. The number of hydrogen-bond donors (Lipinski definition) is 1. The third kappa shape index (κ3) is 8.16. The van der Waals surface area contributed by atoms with Gasteiger partial charge < -0.3 is 28.8 Å². The van der Waals surface area contributed by atoms with Gasteiger partial charge >= 0.3 is 11.9 Å². The maximum atomic E-state index is 11.5. The van der Waals surface area contributed by atoms with Gasteiger partial charge in [0.15, 0.2) is 0 Å². The Morgan fingerprint density at radius 1 is 0.767 bits per heavy atom. The van der Waals surface area contributed by atoms with Crippen LogP contribution in [0.5, 0.6) is 5.75 Å². The molecule has 1 atom stereocenters. The summed E-state index contributed by atoms with van der Waals surface area (Å²) in [4.78, 5) is 0. The topological polar surface area (TPSA) is 66.4 Å². The number of aliphatic hydroxyl groups is 1. The quantitative estimate of drug-likeness (QED) is 0.367. The summed E-state index contributed by atoms with van der Waals surface area (Å²) in [6.45, 7) is 15.1. The highest BCUT2D eigenvalue weighted by Crippen LogP contribution is 2.35. The average molecular weight is 427 g/mol. The van der Waals surface area contributed by atoms with Crippen LogP contribution < -0.4 is 4.74 Å². The second kappa shape index (κ2) is 13.3. The van der Waals surface area contributed by atoms with Crippen LogP contribution in [0, 0.1) is 17.8 Å². The van der Waals surface area contributed by atoms with Gasteiger partial charge in [0, 0.05) is 6.61 Å². The Bertz CT molecular complexity index is 546. The summed E-state index contributed by atoms with van der Waals surface area (Å²) in [7, 11) is 0. The first kappa shape index (κ1) is 26.9. The first-order valence-corrected chi connectivity index (χ1v) is 11.2. The van der Waals surface area contributed by atoms with Gasteiger partial charge in [-0.15, -0.1) is 0 Å². The molecule has 0 bridgehead atoms.